The van der Waals surface area contributed by atoms with Crippen molar-refractivity contribution in [2.75, 3.05) is 13.7 Å². The van der Waals surface area contributed by atoms with Gasteiger partial charge >= 0.3 is 0 Å². The Morgan fingerprint density at radius 3 is 2.70 bits per heavy atom. The number of nitrogens with one attached hydrogen (secondary N) is 2. The lowest BCUT2D eigenvalue weighted by molar-refractivity contribution is -0.133. The van der Waals surface area contributed by atoms with Gasteiger partial charge in [-0.2, -0.15) is 0 Å². The van der Waals surface area contributed by atoms with Gasteiger partial charge in [0.25, 0.3) is 5.91 Å². The predicted molar refractivity (Wildman–Crippen MR) is 83.7 cm³/mol. The van der Waals surface area contributed by atoms with E-state index in [2.05, 4.69) is 17.2 Å². The lowest BCUT2D eigenvalue weighted by Gasteiger charge is -2.13. The van der Waals surface area contributed by atoms with Crippen LogP contribution in [0, 0.1) is 17.8 Å². The van der Waals surface area contributed by atoms with Crippen LogP contribution in [0.25, 0.3) is 0 Å². The molecule has 1 aliphatic carbocycles. The third-order valence-corrected chi connectivity index (χ3v) is 3.85. The molecule has 0 saturated heterocycles. The number of methoxy groups -OCH3 is 1. The molecule has 1 aromatic rings. The van der Waals surface area contributed by atoms with E-state index in [0.717, 1.165) is 12.0 Å². The van der Waals surface area contributed by atoms with Crippen molar-refractivity contribution in [1.29, 1.82) is 0 Å². The van der Waals surface area contributed by atoms with Crippen molar-refractivity contribution in [2.45, 2.75) is 25.3 Å². The summed E-state index contributed by atoms with van der Waals surface area (Å²) in [4.78, 5) is 23.6. The summed E-state index contributed by atoms with van der Waals surface area (Å²) in [7, 11) is 1.58. The summed E-state index contributed by atoms with van der Waals surface area (Å²) in [6.45, 7) is 0.368. The number of amides is 2. The molecule has 0 heterocycles. The van der Waals surface area contributed by atoms with Crippen LogP contribution in [0.4, 0.5) is 0 Å². The van der Waals surface area contributed by atoms with Crippen LogP contribution in [0.15, 0.2) is 24.3 Å². The minimum atomic E-state index is -0.388. The van der Waals surface area contributed by atoms with Gasteiger partial charge in [-0.25, -0.2) is 5.48 Å². The average molecular weight is 316 g/mol. The van der Waals surface area contributed by atoms with Gasteiger partial charge < -0.3 is 10.1 Å². The van der Waals surface area contributed by atoms with E-state index in [1.807, 2.05) is 0 Å². The van der Waals surface area contributed by atoms with Gasteiger partial charge in [0.05, 0.1) is 0 Å². The maximum Gasteiger partial charge on any atom is 0.251 e. The molecular formula is C17H20N2O4. The van der Waals surface area contributed by atoms with Gasteiger partial charge in [0.1, 0.15) is 6.61 Å². The third kappa shape index (κ3) is 4.81. The minimum Gasteiger partial charge on any atom is -0.372 e. The minimum absolute atomic E-state index is 0.0500. The van der Waals surface area contributed by atoms with E-state index < -0.39 is 0 Å². The number of benzene rings is 1. The second-order valence-electron chi connectivity index (χ2n) is 5.47. The Morgan fingerprint density at radius 1 is 1.30 bits per heavy atom. The van der Waals surface area contributed by atoms with Crippen molar-refractivity contribution >= 4 is 11.8 Å². The number of rotatable bonds is 4. The number of hydroxylamine groups is 1. The molecule has 0 radical (unpaired) electrons. The van der Waals surface area contributed by atoms with Crippen molar-refractivity contribution < 1.29 is 19.5 Å². The molecule has 0 unspecified atom stereocenters. The van der Waals surface area contributed by atoms with Gasteiger partial charge in [-0.1, -0.05) is 11.8 Å². The number of hydrogen-bond acceptors (Lipinski definition) is 4. The Labute approximate surface area is 135 Å². The second kappa shape index (κ2) is 8.32. The molecule has 2 amide bonds. The lowest BCUT2D eigenvalue weighted by Crippen LogP contribution is -2.34. The SMILES string of the molecule is COCC#Cc1ccc(C(=O)N[C@H]2CC[C@@H](C(=O)NO)C2)cc1. The summed E-state index contributed by atoms with van der Waals surface area (Å²) in [5, 5.41) is 11.6. The fourth-order valence-electron chi connectivity index (χ4n) is 2.63. The number of carbonyl (C=O) groups is 2. The lowest BCUT2D eigenvalue weighted by atomic mass is 10.1. The van der Waals surface area contributed by atoms with Crippen molar-refractivity contribution in [2.24, 2.45) is 5.92 Å². The number of carbonyl (C=O) groups excluding carboxylic acids is 2. The van der Waals surface area contributed by atoms with Crippen LogP contribution in [0.3, 0.4) is 0 Å². The molecular weight excluding hydrogens is 296 g/mol. The Morgan fingerprint density at radius 2 is 2.04 bits per heavy atom. The summed E-state index contributed by atoms with van der Waals surface area (Å²) >= 11 is 0. The first-order chi connectivity index (χ1) is 11.1. The van der Waals surface area contributed by atoms with E-state index in [9.17, 15) is 9.59 Å². The normalized spacial score (nSPS) is 19.6. The van der Waals surface area contributed by atoms with Crippen LogP contribution >= 0.6 is 0 Å². The molecule has 1 aromatic carbocycles. The molecule has 122 valence electrons. The fraction of sp³-hybridized carbons (Fsp3) is 0.412. The van der Waals surface area contributed by atoms with Crippen molar-refractivity contribution in [3.05, 3.63) is 35.4 Å². The standard InChI is InChI=1S/C17H20N2O4/c1-23-10-2-3-12-4-6-13(7-5-12)16(20)18-15-9-8-14(11-15)17(21)19-22/h4-7,14-15,22H,8-11H2,1H3,(H,18,20)(H,19,21)/t14-,15+/m1/s1. The molecule has 6 heteroatoms. The molecule has 2 atom stereocenters. The molecule has 3 N–H and O–H groups in total. The Kier molecular flexibility index (Phi) is 6.15. The van der Waals surface area contributed by atoms with E-state index in [1.165, 1.54) is 0 Å². The van der Waals surface area contributed by atoms with Gasteiger partial charge in [-0.15, -0.1) is 0 Å². The topological polar surface area (TPSA) is 87.7 Å². The van der Waals surface area contributed by atoms with E-state index in [1.54, 1.807) is 36.9 Å². The van der Waals surface area contributed by atoms with Crippen LogP contribution in [0.1, 0.15) is 35.2 Å². The van der Waals surface area contributed by atoms with E-state index >= 15 is 0 Å². The summed E-state index contributed by atoms with van der Waals surface area (Å²) in [5.74, 6) is 4.98. The van der Waals surface area contributed by atoms with Crippen LogP contribution in [-0.2, 0) is 9.53 Å². The zero-order valence-electron chi connectivity index (χ0n) is 13.0. The van der Waals surface area contributed by atoms with Gasteiger partial charge in [-0.3, -0.25) is 14.8 Å². The van der Waals surface area contributed by atoms with Crippen LogP contribution in [0.5, 0.6) is 0 Å². The highest BCUT2D eigenvalue weighted by atomic mass is 16.5. The summed E-state index contributed by atoms with van der Waals surface area (Å²) in [6.07, 6.45) is 1.93. The summed E-state index contributed by atoms with van der Waals surface area (Å²) < 4.78 is 4.85. The van der Waals surface area contributed by atoms with Crippen LogP contribution < -0.4 is 10.8 Å². The smallest absolute Gasteiger partial charge is 0.251 e. The Balaban J connectivity index is 1.89. The number of ether oxygens (including phenoxy) is 1. The molecule has 0 spiro atoms. The third-order valence-electron chi connectivity index (χ3n) is 3.85. The Bertz CT molecular complexity index is 616. The highest BCUT2D eigenvalue weighted by Gasteiger charge is 2.30. The van der Waals surface area contributed by atoms with E-state index in [4.69, 9.17) is 9.94 Å². The van der Waals surface area contributed by atoms with Crippen molar-refractivity contribution in [3.63, 3.8) is 0 Å². The first kappa shape index (κ1) is 17.0. The molecule has 1 fully saturated rings. The zero-order chi connectivity index (χ0) is 16.7. The first-order valence-corrected chi connectivity index (χ1v) is 7.46. The molecule has 23 heavy (non-hydrogen) atoms. The van der Waals surface area contributed by atoms with E-state index in [-0.39, 0.29) is 23.8 Å². The molecule has 1 saturated carbocycles. The zero-order valence-corrected chi connectivity index (χ0v) is 13.0. The quantitative estimate of drug-likeness (QED) is 0.441. The van der Waals surface area contributed by atoms with Crippen molar-refractivity contribution in [1.82, 2.24) is 10.8 Å². The summed E-state index contributed by atoms with van der Waals surface area (Å²) in [6, 6.07) is 6.96. The molecule has 0 aliphatic heterocycles. The van der Waals surface area contributed by atoms with Gasteiger partial charge in [0, 0.05) is 30.2 Å². The number of hydrogen-bond donors (Lipinski definition) is 3. The van der Waals surface area contributed by atoms with Crippen LogP contribution in [-0.4, -0.2) is 36.8 Å². The maximum absolute atomic E-state index is 12.2. The first-order valence-electron chi connectivity index (χ1n) is 7.46. The fourth-order valence-corrected chi connectivity index (χ4v) is 2.63. The molecule has 1 aliphatic rings. The van der Waals surface area contributed by atoms with Gasteiger partial charge in [-0.05, 0) is 43.5 Å². The molecule has 0 aromatic heterocycles. The predicted octanol–water partition coefficient (Wildman–Crippen LogP) is 1.09. The monoisotopic (exact) mass is 316 g/mol. The highest BCUT2D eigenvalue weighted by molar-refractivity contribution is 5.94. The second-order valence-corrected chi connectivity index (χ2v) is 5.47. The van der Waals surface area contributed by atoms with Gasteiger partial charge in [0.2, 0.25) is 5.91 Å². The average Bonchev–Trinajstić information content (AvgIpc) is 3.03. The van der Waals surface area contributed by atoms with Crippen molar-refractivity contribution in [3.8, 4) is 11.8 Å². The van der Waals surface area contributed by atoms with Crippen LogP contribution in [0.2, 0.25) is 0 Å². The maximum atomic E-state index is 12.2. The molecule has 2 rings (SSSR count). The Hall–Kier alpha value is -2.36. The molecule has 6 nitrogen and oxygen atoms in total. The highest BCUT2D eigenvalue weighted by Crippen LogP contribution is 2.25. The largest absolute Gasteiger partial charge is 0.372 e. The summed E-state index contributed by atoms with van der Waals surface area (Å²) in [5.41, 5.74) is 3.04. The molecule has 0 bridgehead atoms. The van der Waals surface area contributed by atoms with E-state index in [0.29, 0.717) is 25.0 Å². The van der Waals surface area contributed by atoms with Gasteiger partial charge in [0.15, 0.2) is 0 Å².